The monoisotopic (exact) mass is 336 g/mol. The second-order valence-electron chi connectivity index (χ2n) is 4.76. The molecule has 4 heteroatoms. The normalized spacial score (nSPS) is 18.4. The van der Waals surface area contributed by atoms with Crippen molar-refractivity contribution in [3.8, 4) is 0 Å². The number of benzene rings is 1. The lowest BCUT2D eigenvalue weighted by atomic mass is 10.0. The maximum Gasteiger partial charge on any atom is 0.0696 e. The van der Waals surface area contributed by atoms with Crippen LogP contribution in [0.2, 0.25) is 0 Å². The molecule has 0 spiro atoms. The van der Waals surface area contributed by atoms with Crippen LogP contribution >= 0.6 is 27.3 Å². The van der Waals surface area contributed by atoms with Gasteiger partial charge in [-0.25, -0.2) is 0 Å². The van der Waals surface area contributed by atoms with Crippen molar-refractivity contribution in [1.29, 1.82) is 0 Å². The van der Waals surface area contributed by atoms with E-state index in [1.807, 2.05) is 11.3 Å². The van der Waals surface area contributed by atoms with Gasteiger partial charge in [0.1, 0.15) is 0 Å². The fraction of sp³-hybridized carbons (Fsp3) is 0.333. The van der Waals surface area contributed by atoms with E-state index in [2.05, 4.69) is 67.9 Å². The number of piperazine rings is 1. The second kappa shape index (κ2) is 6.18. The smallest absolute Gasteiger partial charge is 0.0696 e. The molecule has 1 saturated heterocycles. The zero-order valence-corrected chi connectivity index (χ0v) is 13.1. The Bertz CT molecular complexity index is 503. The molecule has 1 N–H and O–H groups in total. The van der Waals surface area contributed by atoms with Gasteiger partial charge in [-0.1, -0.05) is 34.1 Å². The van der Waals surface area contributed by atoms with E-state index >= 15 is 0 Å². The van der Waals surface area contributed by atoms with Gasteiger partial charge >= 0.3 is 0 Å². The Morgan fingerprint density at radius 3 is 2.47 bits per heavy atom. The number of nitrogens with one attached hydrogen (secondary N) is 1. The van der Waals surface area contributed by atoms with Crippen molar-refractivity contribution in [2.24, 2.45) is 0 Å². The predicted octanol–water partition coefficient (Wildman–Crippen LogP) is 3.51. The van der Waals surface area contributed by atoms with Crippen LogP contribution in [0, 0.1) is 0 Å². The van der Waals surface area contributed by atoms with E-state index < -0.39 is 0 Å². The van der Waals surface area contributed by atoms with Crippen LogP contribution in [0.15, 0.2) is 46.3 Å². The first kappa shape index (κ1) is 13.3. The highest BCUT2D eigenvalue weighted by Gasteiger charge is 2.24. The minimum absolute atomic E-state index is 0.398. The molecular formula is C15H17BrN2S. The summed E-state index contributed by atoms with van der Waals surface area (Å²) in [6.45, 7) is 4.38. The second-order valence-corrected chi connectivity index (χ2v) is 6.65. The molecule has 0 saturated carbocycles. The van der Waals surface area contributed by atoms with Gasteiger partial charge in [0.05, 0.1) is 6.04 Å². The Kier molecular flexibility index (Phi) is 4.33. The molecule has 1 aromatic heterocycles. The van der Waals surface area contributed by atoms with Crippen molar-refractivity contribution in [3.63, 3.8) is 0 Å². The summed E-state index contributed by atoms with van der Waals surface area (Å²) in [4.78, 5) is 4.01. The molecule has 19 heavy (non-hydrogen) atoms. The van der Waals surface area contributed by atoms with Gasteiger partial charge in [-0.05, 0) is 29.1 Å². The van der Waals surface area contributed by atoms with Crippen molar-refractivity contribution in [2.45, 2.75) is 6.04 Å². The molecule has 0 radical (unpaired) electrons. The van der Waals surface area contributed by atoms with Gasteiger partial charge in [0.2, 0.25) is 0 Å². The van der Waals surface area contributed by atoms with E-state index in [0.29, 0.717) is 6.04 Å². The SMILES string of the molecule is Brc1ccc([C@H](c2cccs2)N2CCNCC2)cc1. The van der Waals surface area contributed by atoms with Crippen LogP contribution in [-0.2, 0) is 0 Å². The van der Waals surface area contributed by atoms with Crippen molar-refractivity contribution >= 4 is 27.3 Å². The van der Waals surface area contributed by atoms with Crippen molar-refractivity contribution in [3.05, 3.63) is 56.7 Å². The Morgan fingerprint density at radius 2 is 1.84 bits per heavy atom. The number of hydrogen-bond donors (Lipinski definition) is 1. The zero-order chi connectivity index (χ0) is 13.1. The van der Waals surface area contributed by atoms with E-state index in [4.69, 9.17) is 0 Å². The third kappa shape index (κ3) is 3.08. The summed E-state index contributed by atoms with van der Waals surface area (Å²) < 4.78 is 1.14. The van der Waals surface area contributed by atoms with Crippen LogP contribution in [0.1, 0.15) is 16.5 Å². The molecule has 1 fully saturated rings. The summed E-state index contributed by atoms with van der Waals surface area (Å²) in [5.74, 6) is 0. The summed E-state index contributed by atoms with van der Waals surface area (Å²) >= 11 is 5.37. The molecule has 0 bridgehead atoms. The Morgan fingerprint density at radius 1 is 1.11 bits per heavy atom. The molecule has 1 aromatic carbocycles. The first-order valence-corrected chi connectivity index (χ1v) is 8.25. The largest absolute Gasteiger partial charge is 0.314 e. The highest BCUT2D eigenvalue weighted by molar-refractivity contribution is 9.10. The Labute approximate surface area is 126 Å². The first-order valence-electron chi connectivity index (χ1n) is 6.58. The third-order valence-corrected chi connectivity index (χ3v) is 4.97. The van der Waals surface area contributed by atoms with E-state index in [1.165, 1.54) is 10.4 Å². The summed E-state index contributed by atoms with van der Waals surface area (Å²) in [7, 11) is 0. The molecule has 2 aromatic rings. The fourth-order valence-electron chi connectivity index (χ4n) is 2.59. The number of nitrogens with zero attached hydrogens (tertiary/aromatic N) is 1. The summed E-state index contributed by atoms with van der Waals surface area (Å²) in [6, 6.07) is 13.5. The van der Waals surface area contributed by atoms with E-state index in [-0.39, 0.29) is 0 Å². The molecule has 3 rings (SSSR count). The number of hydrogen-bond acceptors (Lipinski definition) is 3. The van der Waals surface area contributed by atoms with Gasteiger partial charge < -0.3 is 5.32 Å². The van der Waals surface area contributed by atoms with Crippen molar-refractivity contribution < 1.29 is 0 Å². The lowest BCUT2D eigenvalue weighted by molar-refractivity contribution is 0.200. The van der Waals surface area contributed by atoms with Crippen molar-refractivity contribution in [2.75, 3.05) is 26.2 Å². The van der Waals surface area contributed by atoms with Crippen LogP contribution < -0.4 is 5.32 Å². The topological polar surface area (TPSA) is 15.3 Å². The molecule has 0 amide bonds. The molecule has 1 atom stereocenters. The molecule has 0 unspecified atom stereocenters. The summed E-state index contributed by atoms with van der Waals surface area (Å²) in [6.07, 6.45) is 0. The maximum absolute atomic E-state index is 3.52. The molecule has 2 nitrogen and oxygen atoms in total. The van der Waals surface area contributed by atoms with E-state index in [0.717, 1.165) is 30.7 Å². The molecule has 100 valence electrons. The minimum Gasteiger partial charge on any atom is -0.314 e. The molecule has 1 aliphatic heterocycles. The van der Waals surface area contributed by atoms with Crippen LogP contribution in [-0.4, -0.2) is 31.1 Å². The quantitative estimate of drug-likeness (QED) is 0.922. The summed E-state index contributed by atoms with van der Waals surface area (Å²) in [5.41, 5.74) is 1.38. The lowest BCUT2D eigenvalue weighted by Gasteiger charge is -2.34. The van der Waals surface area contributed by atoms with Crippen LogP contribution in [0.3, 0.4) is 0 Å². The molecule has 1 aliphatic rings. The van der Waals surface area contributed by atoms with Gasteiger partial charge in [-0.2, -0.15) is 0 Å². The van der Waals surface area contributed by atoms with Gasteiger partial charge in [-0.15, -0.1) is 11.3 Å². The summed E-state index contributed by atoms with van der Waals surface area (Å²) in [5, 5.41) is 5.60. The van der Waals surface area contributed by atoms with Crippen LogP contribution in [0.25, 0.3) is 0 Å². The van der Waals surface area contributed by atoms with Gasteiger partial charge in [0.15, 0.2) is 0 Å². The van der Waals surface area contributed by atoms with E-state index in [1.54, 1.807) is 0 Å². The average molecular weight is 337 g/mol. The van der Waals surface area contributed by atoms with Crippen LogP contribution in [0.5, 0.6) is 0 Å². The minimum atomic E-state index is 0.398. The third-order valence-electron chi connectivity index (χ3n) is 3.52. The predicted molar refractivity (Wildman–Crippen MR) is 84.7 cm³/mol. The zero-order valence-electron chi connectivity index (χ0n) is 10.7. The van der Waals surface area contributed by atoms with Gasteiger partial charge in [0, 0.05) is 35.5 Å². The standard InChI is InChI=1S/C15H17BrN2S/c16-13-5-3-12(4-6-13)15(14-2-1-11-19-14)18-9-7-17-8-10-18/h1-6,11,15,17H,7-10H2/t15-/m1/s1. The number of halogens is 1. The Balaban J connectivity index is 1.93. The van der Waals surface area contributed by atoms with Crippen LogP contribution in [0.4, 0.5) is 0 Å². The van der Waals surface area contributed by atoms with Gasteiger partial charge in [0.25, 0.3) is 0 Å². The maximum atomic E-state index is 3.52. The number of thiophene rings is 1. The Hall–Kier alpha value is -0.680. The van der Waals surface area contributed by atoms with Gasteiger partial charge in [-0.3, -0.25) is 4.90 Å². The highest BCUT2D eigenvalue weighted by Crippen LogP contribution is 2.32. The number of rotatable bonds is 3. The highest BCUT2D eigenvalue weighted by atomic mass is 79.9. The lowest BCUT2D eigenvalue weighted by Crippen LogP contribution is -2.45. The molecule has 2 heterocycles. The molecule has 0 aliphatic carbocycles. The first-order chi connectivity index (χ1) is 9.34. The molecular weight excluding hydrogens is 320 g/mol. The fourth-order valence-corrected chi connectivity index (χ4v) is 3.74. The van der Waals surface area contributed by atoms with E-state index in [9.17, 15) is 0 Å². The average Bonchev–Trinajstić information content (AvgIpc) is 2.96. The van der Waals surface area contributed by atoms with Crippen molar-refractivity contribution in [1.82, 2.24) is 10.2 Å².